The molecule has 0 rings (SSSR count). The van der Waals surface area contributed by atoms with Gasteiger partial charge in [0.2, 0.25) is 5.91 Å². The molecule has 0 aromatic carbocycles. The summed E-state index contributed by atoms with van der Waals surface area (Å²) in [5, 5.41) is 13.2. The van der Waals surface area contributed by atoms with Crippen molar-refractivity contribution in [2.45, 2.75) is 38.6 Å². The number of carbonyl (C=O) groups excluding carboxylic acids is 2. The molecule has 1 unspecified atom stereocenters. The minimum atomic E-state index is -0.946. The Balaban J connectivity index is 3.73. The van der Waals surface area contributed by atoms with Crippen LogP contribution in [0.1, 0.15) is 32.6 Å². The highest BCUT2D eigenvalue weighted by atomic mass is 32.2. The van der Waals surface area contributed by atoms with Gasteiger partial charge in [-0.15, -0.1) is 0 Å². The van der Waals surface area contributed by atoms with Gasteiger partial charge < -0.3 is 10.4 Å². The third-order valence-electron chi connectivity index (χ3n) is 2.18. The number of hydrogen-bond donors (Lipinski definition) is 3. The van der Waals surface area contributed by atoms with E-state index in [2.05, 4.69) is 10.6 Å². The molecule has 3 amide bonds. The standard InChI is InChI=1S/C11H20N2O4S/c1-8(6-7-18-2)12-11(17)13-9(14)4-3-5-10(15)16/h8H,3-7H2,1-2H3,(H,15,16)(H2,12,13,14,17). The summed E-state index contributed by atoms with van der Waals surface area (Å²) < 4.78 is 0. The van der Waals surface area contributed by atoms with Crippen molar-refractivity contribution in [3.63, 3.8) is 0 Å². The van der Waals surface area contributed by atoms with Gasteiger partial charge in [0.05, 0.1) is 0 Å². The van der Waals surface area contributed by atoms with Crippen molar-refractivity contribution < 1.29 is 19.5 Å². The zero-order valence-corrected chi connectivity index (χ0v) is 11.5. The van der Waals surface area contributed by atoms with Crippen molar-refractivity contribution >= 4 is 29.7 Å². The summed E-state index contributed by atoms with van der Waals surface area (Å²) in [5.74, 6) is -0.461. The topological polar surface area (TPSA) is 95.5 Å². The minimum absolute atomic E-state index is 0.00395. The molecule has 0 saturated carbocycles. The quantitative estimate of drug-likeness (QED) is 0.619. The molecule has 0 saturated heterocycles. The number of urea groups is 1. The van der Waals surface area contributed by atoms with Gasteiger partial charge in [-0.3, -0.25) is 14.9 Å². The number of carboxylic acids is 1. The average Bonchev–Trinajstić information content (AvgIpc) is 2.25. The van der Waals surface area contributed by atoms with Gasteiger partial charge in [-0.25, -0.2) is 4.79 Å². The van der Waals surface area contributed by atoms with E-state index in [4.69, 9.17) is 5.11 Å². The molecule has 104 valence electrons. The van der Waals surface area contributed by atoms with Gasteiger partial charge in [-0.05, 0) is 31.8 Å². The van der Waals surface area contributed by atoms with Crippen LogP contribution in [0.2, 0.25) is 0 Å². The Hall–Kier alpha value is -1.24. The van der Waals surface area contributed by atoms with Crippen LogP contribution in [-0.4, -0.2) is 41.1 Å². The lowest BCUT2D eigenvalue weighted by atomic mass is 10.2. The van der Waals surface area contributed by atoms with Crippen LogP contribution in [0.3, 0.4) is 0 Å². The Morgan fingerprint density at radius 3 is 2.50 bits per heavy atom. The van der Waals surface area contributed by atoms with E-state index in [1.807, 2.05) is 13.2 Å². The monoisotopic (exact) mass is 276 g/mol. The molecule has 18 heavy (non-hydrogen) atoms. The second kappa shape index (κ2) is 9.76. The van der Waals surface area contributed by atoms with Crippen molar-refractivity contribution in [1.29, 1.82) is 0 Å². The van der Waals surface area contributed by atoms with Gasteiger partial charge in [0.15, 0.2) is 0 Å². The van der Waals surface area contributed by atoms with Crippen molar-refractivity contribution in [2.75, 3.05) is 12.0 Å². The van der Waals surface area contributed by atoms with Gasteiger partial charge in [-0.2, -0.15) is 11.8 Å². The van der Waals surface area contributed by atoms with Crippen LogP contribution in [0, 0.1) is 0 Å². The first-order chi connectivity index (χ1) is 8.45. The lowest BCUT2D eigenvalue weighted by Crippen LogP contribution is -2.43. The molecular formula is C11H20N2O4S. The van der Waals surface area contributed by atoms with E-state index >= 15 is 0 Å². The summed E-state index contributed by atoms with van der Waals surface area (Å²) in [6, 6.07) is -0.520. The lowest BCUT2D eigenvalue weighted by Gasteiger charge is -2.13. The van der Waals surface area contributed by atoms with E-state index in [1.54, 1.807) is 11.8 Å². The van der Waals surface area contributed by atoms with Crippen molar-refractivity contribution in [2.24, 2.45) is 0 Å². The molecule has 0 heterocycles. The summed E-state index contributed by atoms with van der Waals surface area (Å²) in [4.78, 5) is 32.9. The first-order valence-electron chi connectivity index (χ1n) is 5.76. The van der Waals surface area contributed by atoms with E-state index in [1.165, 1.54) is 0 Å². The number of aliphatic carboxylic acids is 1. The van der Waals surface area contributed by atoms with Crippen LogP contribution in [0.5, 0.6) is 0 Å². The number of hydrogen-bond acceptors (Lipinski definition) is 4. The third kappa shape index (κ3) is 9.95. The molecule has 0 aliphatic rings. The van der Waals surface area contributed by atoms with E-state index in [0.29, 0.717) is 0 Å². The summed E-state index contributed by atoms with van der Waals surface area (Å²) in [6.07, 6.45) is 3.02. The Morgan fingerprint density at radius 2 is 1.94 bits per heavy atom. The maximum absolute atomic E-state index is 11.4. The normalized spacial score (nSPS) is 11.7. The fourth-order valence-corrected chi connectivity index (χ4v) is 1.81. The zero-order valence-electron chi connectivity index (χ0n) is 10.7. The van der Waals surface area contributed by atoms with Gasteiger partial charge in [0, 0.05) is 18.9 Å². The molecule has 0 aromatic heterocycles. The highest BCUT2D eigenvalue weighted by molar-refractivity contribution is 7.98. The van der Waals surface area contributed by atoms with Crippen molar-refractivity contribution in [1.82, 2.24) is 10.6 Å². The molecule has 0 spiro atoms. The number of carbonyl (C=O) groups is 3. The Morgan fingerprint density at radius 1 is 1.28 bits per heavy atom. The summed E-state index contributed by atoms with van der Waals surface area (Å²) >= 11 is 1.69. The zero-order chi connectivity index (χ0) is 14.0. The Kier molecular flexibility index (Phi) is 9.08. The van der Waals surface area contributed by atoms with E-state index in [0.717, 1.165) is 12.2 Å². The molecule has 0 fully saturated rings. The predicted molar refractivity (Wildman–Crippen MR) is 70.6 cm³/mol. The molecule has 1 atom stereocenters. The van der Waals surface area contributed by atoms with Crippen molar-refractivity contribution in [3.05, 3.63) is 0 Å². The van der Waals surface area contributed by atoms with Crippen LogP contribution < -0.4 is 10.6 Å². The smallest absolute Gasteiger partial charge is 0.321 e. The summed E-state index contributed by atoms with van der Waals surface area (Å²) in [5.41, 5.74) is 0. The number of imide groups is 1. The van der Waals surface area contributed by atoms with Crippen LogP contribution in [0.4, 0.5) is 4.79 Å². The highest BCUT2D eigenvalue weighted by Crippen LogP contribution is 1.99. The highest BCUT2D eigenvalue weighted by Gasteiger charge is 2.10. The molecule has 0 radical (unpaired) electrons. The minimum Gasteiger partial charge on any atom is -0.481 e. The predicted octanol–water partition coefficient (Wildman–Crippen LogP) is 1.21. The van der Waals surface area contributed by atoms with Crippen LogP contribution in [0.25, 0.3) is 0 Å². The number of amides is 3. The Bertz CT molecular complexity index is 297. The molecule has 0 aliphatic heterocycles. The first kappa shape index (κ1) is 16.8. The van der Waals surface area contributed by atoms with Gasteiger partial charge in [0.25, 0.3) is 0 Å². The van der Waals surface area contributed by atoms with E-state index in [9.17, 15) is 14.4 Å². The number of carboxylic acid groups (broad SMARTS) is 1. The number of rotatable bonds is 8. The van der Waals surface area contributed by atoms with Crippen molar-refractivity contribution in [3.8, 4) is 0 Å². The SMILES string of the molecule is CSCCC(C)NC(=O)NC(=O)CCCC(=O)O. The molecule has 3 N–H and O–H groups in total. The third-order valence-corrected chi connectivity index (χ3v) is 2.82. The summed E-state index contributed by atoms with van der Waals surface area (Å²) in [7, 11) is 0. The fourth-order valence-electron chi connectivity index (χ4n) is 1.22. The van der Waals surface area contributed by atoms with Gasteiger partial charge in [0.1, 0.15) is 0 Å². The molecule has 0 aromatic rings. The number of nitrogens with one attached hydrogen (secondary N) is 2. The summed E-state index contributed by atoms with van der Waals surface area (Å²) in [6.45, 7) is 1.87. The van der Waals surface area contributed by atoms with Gasteiger partial charge >= 0.3 is 12.0 Å². The second-order valence-corrected chi connectivity index (χ2v) is 4.94. The van der Waals surface area contributed by atoms with E-state index < -0.39 is 17.9 Å². The Labute approximate surface area is 111 Å². The van der Waals surface area contributed by atoms with Crippen LogP contribution in [-0.2, 0) is 9.59 Å². The molecular weight excluding hydrogens is 256 g/mol. The molecule has 6 nitrogen and oxygen atoms in total. The molecule has 0 aliphatic carbocycles. The maximum Gasteiger partial charge on any atom is 0.321 e. The molecule has 0 bridgehead atoms. The van der Waals surface area contributed by atoms with Gasteiger partial charge in [-0.1, -0.05) is 0 Å². The first-order valence-corrected chi connectivity index (χ1v) is 7.16. The average molecular weight is 276 g/mol. The number of thioether (sulfide) groups is 1. The largest absolute Gasteiger partial charge is 0.481 e. The maximum atomic E-state index is 11.4. The second-order valence-electron chi connectivity index (χ2n) is 3.95. The molecule has 7 heteroatoms. The fraction of sp³-hybridized carbons (Fsp3) is 0.727. The lowest BCUT2D eigenvalue weighted by molar-refractivity contribution is -0.137. The van der Waals surface area contributed by atoms with Crippen LogP contribution in [0.15, 0.2) is 0 Å². The van der Waals surface area contributed by atoms with Crippen LogP contribution >= 0.6 is 11.8 Å². The van der Waals surface area contributed by atoms with E-state index in [-0.39, 0.29) is 25.3 Å².